The van der Waals surface area contributed by atoms with Crippen LogP contribution >= 0.6 is 0 Å². The quantitative estimate of drug-likeness (QED) is 0.881. The van der Waals surface area contributed by atoms with Gasteiger partial charge in [-0.05, 0) is 43.7 Å². The molecule has 4 nitrogen and oxygen atoms in total. The van der Waals surface area contributed by atoms with E-state index in [0.29, 0.717) is 5.69 Å². The fourth-order valence-electron chi connectivity index (χ4n) is 1.90. The molecule has 0 aliphatic rings. The number of nitrogens with one attached hydrogen (secondary N) is 1. The molecular weight excluding hydrogens is 240 g/mol. The van der Waals surface area contributed by atoms with Gasteiger partial charge in [-0.1, -0.05) is 12.1 Å². The van der Waals surface area contributed by atoms with Gasteiger partial charge in [0.05, 0.1) is 17.3 Å². The van der Waals surface area contributed by atoms with Crippen LogP contribution < -0.4 is 5.32 Å². The highest BCUT2D eigenvalue weighted by Crippen LogP contribution is 2.22. The molecule has 0 saturated carbocycles. The van der Waals surface area contributed by atoms with Gasteiger partial charge in [0.25, 0.3) is 0 Å². The van der Waals surface area contributed by atoms with Crippen LogP contribution in [0.25, 0.3) is 0 Å². The number of carboxylic acids is 1. The molecule has 98 valence electrons. The number of aromatic carboxylic acids is 1. The highest BCUT2D eigenvalue weighted by atomic mass is 16.4. The van der Waals surface area contributed by atoms with E-state index >= 15 is 0 Å². The van der Waals surface area contributed by atoms with Crippen LogP contribution in [-0.4, -0.2) is 16.1 Å². The maximum atomic E-state index is 11.2. The lowest BCUT2D eigenvalue weighted by Crippen LogP contribution is -2.12. The summed E-state index contributed by atoms with van der Waals surface area (Å²) in [5, 5.41) is 12.4. The summed E-state index contributed by atoms with van der Waals surface area (Å²) >= 11 is 0. The number of hydrogen-bond acceptors (Lipinski definition) is 3. The summed E-state index contributed by atoms with van der Waals surface area (Å²) in [7, 11) is 0. The molecule has 0 fully saturated rings. The Morgan fingerprint density at radius 3 is 2.74 bits per heavy atom. The number of hydrogen-bond donors (Lipinski definition) is 2. The highest BCUT2D eigenvalue weighted by molar-refractivity contribution is 5.94. The van der Waals surface area contributed by atoms with E-state index in [1.165, 1.54) is 0 Å². The summed E-state index contributed by atoms with van der Waals surface area (Å²) in [5.74, 6) is -0.935. The number of aryl methyl sites for hydroxylation is 1. The Labute approximate surface area is 112 Å². The van der Waals surface area contributed by atoms with E-state index in [2.05, 4.69) is 10.3 Å². The predicted octanol–water partition coefficient (Wildman–Crippen LogP) is 3.26. The molecule has 1 aromatic heterocycles. The Kier molecular flexibility index (Phi) is 3.80. The average Bonchev–Trinajstić information content (AvgIpc) is 2.39. The van der Waals surface area contributed by atoms with E-state index in [-0.39, 0.29) is 11.6 Å². The van der Waals surface area contributed by atoms with Crippen LogP contribution in [0.2, 0.25) is 0 Å². The number of anilines is 1. The van der Waals surface area contributed by atoms with Gasteiger partial charge in [-0.3, -0.25) is 4.98 Å². The van der Waals surface area contributed by atoms with E-state index in [9.17, 15) is 9.90 Å². The van der Waals surface area contributed by atoms with Crippen molar-refractivity contribution in [2.75, 3.05) is 5.32 Å². The van der Waals surface area contributed by atoms with E-state index in [1.807, 2.05) is 38.1 Å². The first-order valence-corrected chi connectivity index (χ1v) is 6.09. The Morgan fingerprint density at radius 1 is 1.32 bits per heavy atom. The minimum absolute atomic E-state index is 0.0545. The zero-order valence-electron chi connectivity index (χ0n) is 10.9. The van der Waals surface area contributed by atoms with Gasteiger partial charge in [-0.2, -0.15) is 0 Å². The summed E-state index contributed by atoms with van der Waals surface area (Å²) in [5.41, 5.74) is 2.78. The number of carbonyl (C=O) groups is 1. The molecule has 1 aromatic carbocycles. The summed E-state index contributed by atoms with van der Waals surface area (Å²) in [6.07, 6.45) is 1.72. The van der Waals surface area contributed by atoms with Gasteiger partial charge in [0.15, 0.2) is 0 Å². The minimum atomic E-state index is -0.935. The first-order valence-electron chi connectivity index (χ1n) is 6.09. The van der Waals surface area contributed by atoms with Crippen LogP contribution in [-0.2, 0) is 0 Å². The largest absolute Gasteiger partial charge is 0.478 e. The zero-order chi connectivity index (χ0) is 13.8. The third-order valence-electron chi connectivity index (χ3n) is 2.91. The van der Waals surface area contributed by atoms with Crippen LogP contribution in [0.15, 0.2) is 42.6 Å². The minimum Gasteiger partial charge on any atom is -0.478 e. The van der Waals surface area contributed by atoms with Crippen LogP contribution in [0.4, 0.5) is 5.69 Å². The van der Waals surface area contributed by atoms with Crippen LogP contribution in [0, 0.1) is 6.92 Å². The molecule has 0 spiro atoms. The van der Waals surface area contributed by atoms with Crippen LogP contribution in [0.1, 0.15) is 34.6 Å². The van der Waals surface area contributed by atoms with E-state index in [4.69, 9.17) is 0 Å². The molecule has 0 aliphatic carbocycles. The molecule has 1 atom stereocenters. The number of pyridine rings is 1. The molecular formula is C15H16N2O2. The molecule has 19 heavy (non-hydrogen) atoms. The maximum Gasteiger partial charge on any atom is 0.337 e. The van der Waals surface area contributed by atoms with Crippen molar-refractivity contribution in [1.29, 1.82) is 0 Å². The monoisotopic (exact) mass is 256 g/mol. The lowest BCUT2D eigenvalue weighted by Gasteiger charge is -2.17. The Morgan fingerprint density at radius 2 is 2.11 bits per heavy atom. The Hall–Kier alpha value is -2.36. The summed E-state index contributed by atoms with van der Waals surface area (Å²) in [6.45, 7) is 3.89. The molecule has 0 saturated heterocycles. The molecule has 1 unspecified atom stereocenters. The molecule has 2 aromatic rings. The van der Waals surface area contributed by atoms with Gasteiger partial charge in [-0.15, -0.1) is 0 Å². The normalized spacial score (nSPS) is 11.9. The first kappa shape index (κ1) is 13.1. The molecule has 0 bridgehead atoms. The van der Waals surface area contributed by atoms with Gasteiger partial charge in [0, 0.05) is 11.9 Å². The molecule has 2 rings (SSSR count). The zero-order valence-corrected chi connectivity index (χ0v) is 10.9. The third-order valence-corrected chi connectivity index (χ3v) is 2.91. The van der Waals surface area contributed by atoms with E-state index in [0.717, 1.165) is 11.3 Å². The molecule has 0 radical (unpaired) electrons. The first-order chi connectivity index (χ1) is 9.08. The average molecular weight is 256 g/mol. The molecule has 0 amide bonds. The van der Waals surface area contributed by atoms with Gasteiger partial charge < -0.3 is 10.4 Å². The topological polar surface area (TPSA) is 62.2 Å². The number of rotatable bonds is 4. The van der Waals surface area contributed by atoms with Crippen LogP contribution in [0.3, 0.4) is 0 Å². The van der Waals surface area contributed by atoms with Crippen molar-refractivity contribution in [2.45, 2.75) is 19.9 Å². The highest BCUT2D eigenvalue weighted by Gasteiger charge is 2.13. The molecule has 0 aliphatic heterocycles. The van der Waals surface area contributed by atoms with Crippen molar-refractivity contribution < 1.29 is 9.90 Å². The second-order valence-electron chi connectivity index (χ2n) is 4.47. The lowest BCUT2D eigenvalue weighted by atomic mass is 10.1. The van der Waals surface area contributed by atoms with Crippen molar-refractivity contribution in [3.8, 4) is 0 Å². The number of carboxylic acid groups (broad SMARTS) is 1. The SMILES string of the molecule is Cc1ccc(C(=O)O)c(NC(C)c2ccccn2)c1. The van der Waals surface area contributed by atoms with Gasteiger partial charge in [0.1, 0.15) is 0 Å². The summed E-state index contributed by atoms with van der Waals surface area (Å²) < 4.78 is 0. The second kappa shape index (κ2) is 5.52. The van der Waals surface area contributed by atoms with Gasteiger partial charge >= 0.3 is 5.97 Å². The number of aromatic nitrogens is 1. The van der Waals surface area contributed by atoms with Crippen molar-refractivity contribution >= 4 is 11.7 Å². The third kappa shape index (κ3) is 3.10. The van der Waals surface area contributed by atoms with Gasteiger partial charge in [0.2, 0.25) is 0 Å². The molecule has 2 N–H and O–H groups in total. The second-order valence-corrected chi connectivity index (χ2v) is 4.47. The van der Waals surface area contributed by atoms with Crippen molar-refractivity contribution in [3.63, 3.8) is 0 Å². The fourth-order valence-corrected chi connectivity index (χ4v) is 1.90. The van der Waals surface area contributed by atoms with E-state index < -0.39 is 5.97 Å². The summed E-state index contributed by atoms with van der Waals surface area (Å²) in [6, 6.07) is 10.9. The molecule has 4 heteroatoms. The van der Waals surface area contributed by atoms with Crippen molar-refractivity contribution in [2.24, 2.45) is 0 Å². The fraction of sp³-hybridized carbons (Fsp3) is 0.200. The maximum absolute atomic E-state index is 11.2. The lowest BCUT2D eigenvalue weighted by molar-refractivity contribution is 0.0698. The number of nitrogens with zero attached hydrogens (tertiary/aromatic N) is 1. The molecule has 1 heterocycles. The Balaban J connectivity index is 2.28. The van der Waals surface area contributed by atoms with Gasteiger partial charge in [-0.25, -0.2) is 4.79 Å². The van der Waals surface area contributed by atoms with Crippen molar-refractivity contribution in [1.82, 2.24) is 4.98 Å². The predicted molar refractivity (Wildman–Crippen MR) is 74.4 cm³/mol. The smallest absolute Gasteiger partial charge is 0.337 e. The van der Waals surface area contributed by atoms with Crippen molar-refractivity contribution in [3.05, 3.63) is 59.4 Å². The number of benzene rings is 1. The van der Waals surface area contributed by atoms with Crippen LogP contribution in [0.5, 0.6) is 0 Å². The Bertz CT molecular complexity index is 582. The summed E-state index contributed by atoms with van der Waals surface area (Å²) in [4.78, 5) is 15.5. The standard InChI is InChI=1S/C15H16N2O2/c1-10-6-7-12(15(18)19)14(9-10)17-11(2)13-5-3-4-8-16-13/h3-9,11,17H,1-2H3,(H,18,19). The van der Waals surface area contributed by atoms with E-state index in [1.54, 1.807) is 18.3 Å².